The number of carbonyl (C=O) groups is 1. The maximum atomic E-state index is 13.5. The lowest BCUT2D eigenvalue weighted by Gasteiger charge is -2.36. The van der Waals surface area contributed by atoms with E-state index >= 15 is 0 Å². The number of nitrogens with one attached hydrogen (secondary N) is 2. The predicted octanol–water partition coefficient (Wildman–Crippen LogP) is 6.44. The highest BCUT2D eigenvalue weighted by atomic mass is 35.5. The van der Waals surface area contributed by atoms with Gasteiger partial charge in [-0.05, 0) is 47.7 Å². The standard InChI is InChI=1S/C38H38Cl2N4O6S/c1-25-7-17-32(18-8-25)51(47,48)43-33(19-26-5-3-2-4-6-26)37(46)41-21-27-9-15-30(16-10-27)38-49-31(22-44-24-42-35(39)36(44)40)20-34(50-38)29-13-11-28(23-45)12-14-29/h2-18,24,31,33-34,38,43,45H,19-23H2,1H3,(H,41,46)/t31-,33+,34+,38+/m0/s1. The van der Waals surface area contributed by atoms with Crippen molar-refractivity contribution in [2.24, 2.45) is 0 Å². The molecule has 1 aromatic heterocycles. The lowest BCUT2D eigenvalue weighted by atomic mass is 10.00. The first-order valence-corrected chi connectivity index (χ1v) is 18.7. The Morgan fingerprint density at radius 3 is 2.22 bits per heavy atom. The zero-order valence-electron chi connectivity index (χ0n) is 27.8. The van der Waals surface area contributed by atoms with Crippen molar-refractivity contribution in [1.82, 2.24) is 19.6 Å². The Labute approximate surface area is 307 Å². The van der Waals surface area contributed by atoms with Crippen LogP contribution in [0, 0.1) is 6.92 Å². The first kappa shape index (κ1) is 36.7. The second-order valence-corrected chi connectivity index (χ2v) is 14.9. The zero-order valence-corrected chi connectivity index (χ0v) is 30.1. The maximum absolute atomic E-state index is 13.5. The van der Waals surface area contributed by atoms with Crippen LogP contribution >= 0.6 is 23.2 Å². The first-order valence-electron chi connectivity index (χ1n) is 16.4. The van der Waals surface area contributed by atoms with Gasteiger partial charge in [-0.3, -0.25) is 4.79 Å². The molecule has 1 aliphatic heterocycles. The molecule has 4 atom stereocenters. The highest BCUT2D eigenvalue weighted by molar-refractivity contribution is 7.89. The van der Waals surface area contributed by atoms with E-state index in [4.69, 9.17) is 32.7 Å². The van der Waals surface area contributed by atoms with Crippen molar-refractivity contribution in [3.05, 3.63) is 153 Å². The van der Waals surface area contributed by atoms with Gasteiger partial charge in [0.1, 0.15) is 11.2 Å². The third-order valence-corrected chi connectivity index (χ3v) is 11.0. The van der Waals surface area contributed by atoms with Crippen LogP contribution in [0.15, 0.2) is 114 Å². The molecule has 0 bridgehead atoms. The van der Waals surface area contributed by atoms with Crippen LogP contribution in [0.5, 0.6) is 0 Å². The Morgan fingerprint density at radius 2 is 1.57 bits per heavy atom. The van der Waals surface area contributed by atoms with Gasteiger partial charge in [-0.1, -0.05) is 120 Å². The lowest BCUT2D eigenvalue weighted by Crippen LogP contribution is -2.47. The summed E-state index contributed by atoms with van der Waals surface area (Å²) in [5.74, 6) is -0.450. The van der Waals surface area contributed by atoms with Crippen molar-refractivity contribution in [3.63, 3.8) is 0 Å². The van der Waals surface area contributed by atoms with Crippen molar-refractivity contribution < 1.29 is 27.8 Å². The van der Waals surface area contributed by atoms with Crippen LogP contribution in [0.2, 0.25) is 10.3 Å². The van der Waals surface area contributed by atoms with Gasteiger partial charge in [-0.15, -0.1) is 0 Å². The van der Waals surface area contributed by atoms with Crippen LogP contribution < -0.4 is 10.0 Å². The number of imidazole rings is 1. The predicted molar refractivity (Wildman–Crippen MR) is 194 cm³/mol. The number of hydrogen-bond acceptors (Lipinski definition) is 7. The Hall–Kier alpha value is -4.07. The molecular formula is C38H38Cl2N4O6S. The fourth-order valence-electron chi connectivity index (χ4n) is 5.84. The molecule has 5 aromatic rings. The zero-order chi connectivity index (χ0) is 36.0. The van der Waals surface area contributed by atoms with Gasteiger partial charge in [0, 0.05) is 18.5 Å². The summed E-state index contributed by atoms with van der Waals surface area (Å²) in [4.78, 5) is 17.7. The highest BCUT2D eigenvalue weighted by Crippen LogP contribution is 2.39. The van der Waals surface area contributed by atoms with Crippen molar-refractivity contribution in [3.8, 4) is 0 Å². The number of carbonyl (C=O) groups excluding carboxylic acids is 1. The van der Waals surface area contributed by atoms with E-state index in [-0.39, 0.29) is 41.8 Å². The van der Waals surface area contributed by atoms with E-state index in [2.05, 4.69) is 15.0 Å². The van der Waals surface area contributed by atoms with E-state index in [0.717, 1.165) is 33.4 Å². The second-order valence-electron chi connectivity index (χ2n) is 12.5. The highest BCUT2D eigenvalue weighted by Gasteiger charge is 2.33. The molecule has 2 heterocycles. The monoisotopic (exact) mass is 748 g/mol. The van der Waals surface area contributed by atoms with Gasteiger partial charge >= 0.3 is 0 Å². The number of nitrogens with zero attached hydrogens (tertiary/aromatic N) is 2. The summed E-state index contributed by atoms with van der Waals surface area (Å²) < 4.78 is 43.7. The van der Waals surface area contributed by atoms with Crippen LogP contribution in [0.1, 0.15) is 52.2 Å². The van der Waals surface area contributed by atoms with E-state index in [9.17, 15) is 18.3 Å². The van der Waals surface area contributed by atoms with Crippen LogP contribution in [0.25, 0.3) is 0 Å². The molecule has 51 heavy (non-hydrogen) atoms. The number of halogens is 2. The minimum absolute atomic E-state index is 0.0520. The lowest BCUT2D eigenvalue weighted by molar-refractivity contribution is -0.252. The van der Waals surface area contributed by atoms with Crippen molar-refractivity contribution in [1.29, 1.82) is 0 Å². The van der Waals surface area contributed by atoms with E-state index < -0.39 is 28.3 Å². The number of aryl methyl sites for hydroxylation is 1. The number of aliphatic hydroxyl groups is 1. The molecule has 1 amide bonds. The van der Waals surface area contributed by atoms with E-state index in [1.807, 2.05) is 85.8 Å². The normalized spacial score (nSPS) is 18.3. The molecule has 1 aliphatic rings. The number of rotatable bonds is 13. The Morgan fingerprint density at radius 1 is 0.902 bits per heavy atom. The molecule has 1 saturated heterocycles. The molecule has 6 rings (SSSR count). The SMILES string of the molecule is Cc1ccc(S(=O)(=O)N[C@H](Cc2ccccc2)C(=O)NCc2ccc([C@@H]3O[C@H](Cn4cnc(Cl)c4Cl)C[C@H](c4ccc(CO)cc4)O3)cc2)cc1. The fraction of sp³-hybridized carbons (Fsp3) is 0.263. The first-order chi connectivity index (χ1) is 24.6. The minimum atomic E-state index is -3.97. The second kappa shape index (κ2) is 16.5. The fourth-order valence-corrected chi connectivity index (χ4v) is 7.35. The summed E-state index contributed by atoms with van der Waals surface area (Å²) >= 11 is 12.4. The summed E-state index contributed by atoms with van der Waals surface area (Å²) in [6.07, 6.45) is 0.989. The molecule has 0 saturated carbocycles. The molecule has 13 heteroatoms. The average molecular weight is 750 g/mol. The van der Waals surface area contributed by atoms with Crippen molar-refractivity contribution in [2.45, 2.75) is 68.9 Å². The third-order valence-electron chi connectivity index (χ3n) is 8.69. The summed E-state index contributed by atoms with van der Waals surface area (Å²) in [5, 5.41) is 12.9. The molecule has 266 valence electrons. The molecule has 0 spiro atoms. The topological polar surface area (TPSA) is 132 Å². The summed E-state index contributed by atoms with van der Waals surface area (Å²) in [6, 6.07) is 29.8. The van der Waals surface area contributed by atoms with Crippen LogP contribution in [-0.2, 0) is 50.4 Å². The number of aromatic nitrogens is 2. The van der Waals surface area contributed by atoms with Crippen LogP contribution in [0.4, 0.5) is 0 Å². The Kier molecular flexibility index (Phi) is 11.9. The van der Waals surface area contributed by atoms with Gasteiger partial charge in [0.05, 0.1) is 36.6 Å². The van der Waals surface area contributed by atoms with Gasteiger partial charge in [-0.2, -0.15) is 4.72 Å². The van der Waals surface area contributed by atoms with Crippen molar-refractivity contribution in [2.75, 3.05) is 0 Å². The van der Waals surface area contributed by atoms with E-state index in [0.29, 0.717) is 18.1 Å². The number of benzene rings is 4. The van der Waals surface area contributed by atoms with Gasteiger partial charge in [0.2, 0.25) is 15.9 Å². The maximum Gasteiger partial charge on any atom is 0.241 e. The third kappa shape index (κ3) is 9.43. The number of hydrogen-bond donors (Lipinski definition) is 3. The average Bonchev–Trinajstić information content (AvgIpc) is 3.46. The number of aliphatic hydroxyl groups excluding tert-OH is 1. The van der Waals surface area contributed by atoms with Gasteiger partial charge in [0.15, 0.2) is 11.4 Å². The largest absolute Gasteiger partial charge is 0.392 e. The molecule has 0 aliphatic carbocycles. The van der Waals surface area contributed by atoms with Crippen LogP contribution in [-0.4, -0.2) is 41.1 Å². The minimum Gasteiger partial charge on any atom is -0.392 e. The quantitative estimate of drug-likeness (QED) is 0.126. The molecule has 0 radical (unpaired) electrons. The molecule has 10 nitrogen and oxygen atoms in total. The van der Waals surface area contributed by atoms with Crippen molar-refractivity contribution >= 4 is 39.1 Å². The summed E-state index contributed by atoms with van der Waals surface area (Å²) in [6.45, 7) is 2.40. The number of amides is 1. The number of sulfonamides is 1. The molecule has 3 N–H and O–H groups in total. The van der Waals surface area contributed by atoms with Crippen LogP contribution in [0.3, 0.4) is 0 Å². The summed E-state index contributed by atoms with van der Waals surface area (Å²) in [5.41, 5.74) is 5.07. The molecule has 4 aromatic carbocycles. The van der Waals surface area contributed by atoms with Gasteiger partial charge in [0.25, 0.3) is 0 Å². The Balaban J connectivity index is 1.15. The number of ether oxygens (including phenoxy) is 2. The van der Waals surface area contributed by atoms with E-state index in [1.165, 1.54) is 12.1 Å². The molecule has 0 unspecified atom stereocenters. The summed E-state index contributed by atoms with van der Waals surface area (Å²) in [7, 11) is -3.97. The molecular weight excluding hydrogens is 711 g/mol. The Bertz CT molecular complexity index is 2030. The van der Waals surface area contributed by atoms with Gasteiger partial charge < -0.3 is 24.5 Å². The smallest absolute Gasteiger partial charge is 0.241 e. The van der Waals surface area contributed by atoms with E-state index in [1.54, 1.807) is 23.0 Å². The molecule has 1 fully saturated rings. The van der Waals surface area contributed by atoms with Gasteiger partial charge in [-0.25, -0.2) is 13.4 Å².